The van der Waals surface area contributed by atoms with E-state index in [2.05, 4.69) is 63.4 Å². The Morgan fingerprint density at radius 1 is 0.699 bits per heavy atom. The number of ketones is 2. The van der Waals surface area contributed by atoms with Gasteiger partial charge in [0.2, 0.25) is 17.6 Å². The summed E-state index contributed by atoms with van der Waals surface area (Å²) < 4.78 is 31.2. The number of amides is 3. The third kappa shape index (κ3) is 24.1. The molecule has 2 aliphatic carbocycles. The predicted molar refractivity (Wildman–Crippen MR) is 278 cm³/mol. The van der Waals surface area contributed by atoms with Gasteiger partial charge in [-0.3, -0.25) is 28.3 Å². The van der Waals surface area contributed by atoms with Gasteiger partial charge in [-0.05, 0) is 165 Å². The number of halogens is 2. The summed E-state index contributed by atoms with van der Waals surface area (Å²) in [5, 5.41) is 32.3. The van der Waals surface area contributed by atoms with E-state index in [1.54, 1.807) is 31.3 Å². The first kappa shape index (κ1) is 60.7. The van der Waals surface area contributed by atoms with Crippen LogP contribution in [0, 0.1) is 25.7 Å². The van der Waals surface area contributed by atoms with E-state index < -0.39 is 0 Å². The zero-order valence-corrected chi connectivity index (χ0v) is 43.6. The Hall–Kier alpha value is -6.57. The maximum atomic E-state index is 13.4. The third-order valence-electron chi connectivity index (χ3n) is 11.6. The fraction of sp³-hybridized carbons (Fsp3) is 0.566. The van der Waals surface area contributed by atoms with Crippen molar-refractivity contribution in [2.75, 3.05) is 37.1 Å². The van der Waals surface area contributed by atoms with E-state index >= 15 is 0 Å². The molecule has 0 fully saturated rings. The number of rotatable bonds is 18. The Labute approximate surface area is 428 Å². The highest BCUT2D eigenvalue weighted by molar-refractivity contribution is 5.91. The lowest BCUT2D eigenvalue weighted by Gasteiger charge is -2.22. The van der Waals surface area contributed by atoms with Crippen molar-refractivity contribution in [3.63, 3.8) is 0 Å². The van der Waals surface area contributed by atoms with Crippen molar-refractivity contribution in [2.24, 2.45) is 17.6 Å². The van der Waals surface area contributed by atoms with E-state index in [9.17, 15) is 32.8 Å². The number of alkyl halides is 2. The number of anilines is 2. The average molecular weight is 1010 g/mol. The van der Waals surface area contributed by atoms with Gasteiger partial charge in [0.05, 0.1) is 48.5 Å². The van der Waals surface area contributed by atoms with Gasteiger partial charge >= 0.3 is 6.09 Å². The number of Topliss-reactive ketones (excluding diaryl/α,β-unsaturated/α-hetero) is 2. The van der Waals surface area contributed by atoms with Crippen LogP contribution in [0.1, 0.15) is 147 Å². The molecule has 3 unspecified atom stereocenters. The summed E-state index contributed by atoms with van der Waals surface area (Å²) in [5.41, 5.74) is 11.3. The lowest BCUT2D eigenvalue weighted by atomic mass is 9.85. The van der Waals surface area contributed by atoms with Gasteiger partial charge < -0.3 is 36.0 Å². The van der Waals surface area contributed by atoms with Crippen molar-refractivity contribution in [3.05, 3.63) is 71.5 Å². The number of ether oxygens (including phenoxy) is 1. The highest BCUT2D eigenvalue weighted by Crippen LogP contribution is 2.31. The predicted octanol–water partition coefficient (Wildman–Crippen LogP) is 9.30. The van der Waals surface area contributed by atoms with Gasteiger partial charge in [0.1, 0.15) is 29.1 Å². The number of nitrogens with two attached hydrogens (primary N) is 1. The minimum Gasteiger partial charge on any atom is -0.442 e. The van der Waals surface area contributed by atoms with Gasteiger partial charge in [0.15, 0.2) is 5.82 Å². The molecule has 3 atom stereocenters. The molecule has 5 N–H and O–H groups in total. The van der Waals surface area contributed by atoms with Crippen molar-refractivity contribution in [1.82, 2.24) is 45.9 Å². The number of nitrogens with zero attached hydrogens (tertiary/aromatic N) is 8. The molecule has 20 heteroatoms. The molecule has 0 spiro atoms. The van der Waals surface area contributed by atoms with Gasteiger partial charge in [0, 0.05) is 32.2 Å². The van der Waals surface area contributed by atoms with Crippen molar-refractivity contribution in [3.8, 4) is 22.9 Å². The molecule has 4 aromatic heterocycles. The molecule has 3 amide bonds. The average Bonchev–Trinajstić information content (AvgIpc) is 3.35. The molecular formula is C53H76F2N12O6. The number of aromatic nitrogens is 8. The zero-order chi connectivity index (χ0) is 53.4. The topological polar surface area (TPSA) is 260 Å². The lowest BCUT2D eigenvalue weighted by molar-refractivity contribution is -0.119. The normalized spacial score (nSPS) is 16.4. The fourth-order valence-electron chi connectivity index (χ4n) is 7.53. The SMILES string of the molecule is CC(=O)CCCC(=O)Nc1ccc(-c2nnc(C)c3c2CCCCC(C[18F])C3)nc1.CC(=O)CCCC(=O)Nc1ccc(-c2nnc(C)nn2)nc1.CCCN.CCCNC(=O)OC1/C=C/CC(C[18F])CCC1. The maximum absolute atomic E-state index is 13.4. The van der Waals surface area contributed by atoms with Crippen molar-refractivity contribution in [1.29, 1.82) is 0 Å². The number of hydrogen-bond donors (Lipinski definition) is 4. The van der Waals surface area contributed by atoms with Crippen molar-refractivity contribution >= 4 is 40.8 Å². The van der Waals surface area contributed by atoms with Crippen molar-refractivity contribution in [2.45, 2.75) is 157 Å². The monoisotopic (exact) mass is 1010 g/mol. The van der Waals surface area contributed by atoms with Crippen LogP contribution in [0.5, 0.6) is 0 Å². The van der Waals surface area contributed by atoms with E-state index in [0.29, 0.717) is 85.9 Å². The molecule has 18 nitrogen and oxygen atoms in total. The number of carbonyl (C=O) groups is 5. The fourth-order valence-corrected chi connectivity index (χ4v) is 7.53. The Bertz CT molecular complexity index is 2320. The first-order valence-electron chi connectivity index (χ1n) is 25.5. The largest absolute Gasteiger partial charge is 0.442 e. The molecule has 4 aromatic rings. The highest BCUT2D eigenvalue weighted by Gasteiger charge is 2.23. The third-order valence-corrected chi connectivity index (χ3v) is 11.6. The summed E-state index contributed by atoms with van der Waals surface area (Å²) in [7, 11) is 0. The minimum absolute atomic E-state index is 0.0355. The van der Waals surface area contributed by atoms with Crippen LogP contribution in [0.15, 0.2) is 48.8 Å². The van der Waals surface area contributed by atoms with Crippen LogP contribution >= 0.6 is 0 Å². The van der Waals surface area contributed by atoms with Crippen LogP contribution in [-0.2, 0) is 36.8 Å². The molecule has 4 heterocycles. The zero-order valence-electron chi connectivity index (χ0n) is 43.6. The number of carbonyl (C=O) groups excluding carboxylic acids is 5. The van der Waals surface area contributed by atoms with Gasteiger partial charge in [-0.2, -0.15) is 5.10 Å². The number of hydrogen-bond acceptors (Lipinski definition) is 15. The summed E-state index contributed by atoms with van der Waals surface area (Å²) in [5.74, 6) is 0.867. The molecule has 0 aliphatic heterocycles. The number of pyridine rings is 2. The van der Waals surface area contributed by atoms with Crippen LogP contribution in [-0.4, -0.2) is 103 Å². The number of alkyl carbamates (subject to hydrolysis) is 1. The maximum Gasteiger partial charge on any atom is 0.407 e. The quantitative estimate of drug-likeness (QED) is 0.0677. The lowest BCUT2D eigenvalue weighted by Crippen LogP contribution is -2.29. The van der Waals surface area contributed by atoms with Gasteiger partial charge in [-0.15, -0.1) is 25.5 Å². The molecule has 0 bridgehead atoms. The van der Waals surface area contributed by atoms with E-state index in [0.717, 1.165) is 93.3 Å². The van der Waals surface area contributed by atoms with E-state index in [1.165, 1.54) is 20.0 Å². The van der Waals surface area contributed by atoms with E-state index in [1.807, 2.05) is 32.1 Å². The molecular weight excluding hydrogens is 937 g/mol. The van der Waals surface area contributed by atoms with Crippen LogP contribution in [0.3, 0.4) is 0 Å². The molecule has 2 aliphatic rings. The van der Waals surface area contributed by atoms with Crippen LogP contribution in [0.25, 0.3) is 22.9 Å². The number of nitrogens with one attached hydrogen (secondary N) is 3. The molecule has 0 aromatic carbocycles. The second kappa shape index (κ2) is 34.7. The van der Waals surface area contributed by atoms with E-state index in [-0.39, 0.29) is 60.8 Å². The van der Waals surface area contributed by atoms with Gasteiger partial charge in [0.25, 0.3) is 0 Å². The first-order chi connectivity index (χ1) is 35.2. The second-order valence-corrected chi connectivity index (χ2v) is 18.2. The number of fused-ring (bicyclic) bond motifs is 1. The van der Waals surface area contributed by atoms with Gasteiger partial charge in [-0.25, -0.2) is 4.79 Å². The minimum atomic E-state index is -0.357. The summed E-state index contributed by atoms with van der Waals surface area (Å²) in [6.45, 7) is 11.6. The van der Waals surface area contributed by atoms with E-state index in [4.69, 9.17) is 10.5 Å². The molecule has 0 saturated carbocycles. The Morgan fingerprint density at radius 3 is 1.82 bits per heavy atom. The second-order valence-electron chi connectivity index (χ2n) is 18.2. The number of aryl methyl sites for hydroxylation is 2. The van der Waals surface area contributed by atoms with Crippen LogP contribution in [0.4, 0.5) is 25.0 Å². The molecule has 0 radical (unpaired) electrons. The summed E-state index contributed by atoms with van der Waals surface area (Å²) in [4.78, 5) is 65.5. The Balaban J connectivity index is 0.000000289. The Morgan fingerprint density at radius 2 is 1.29 bits per heavy atom. The molecule has 0 saturated heterocycles. The Kier molecular flexibility index (Phi) is 28.9. The van der Waals surface area contributed by atoms with Crippen LogP contribution < -0.4 is 21.7 Å². The highest BCUT2D eigenvalue weighted by atomic mass is 18.2. The summed E-state index contributed by atoms with van der Waals surface area (Å²) in [6.07, 6.45) is 18.7. The standard InChI is InChI=1S/C23H29FN4O2.C14H16N6O2.C13H22FNO2.C3H9N/c1-15(29)6-5-9-22(30)26-18-10-11-21(25-14-18)23-19-8-4-3-7-17(13-24)12-20(19)16(2)27-28-23;1-9(21)4-3-5-13(22)16-11-6-7-12(15-8-11)14-19-17-10(2)18-20-14;1-2-9-15-13(16)17-12-7-3-5-11(10-14)6-4-8-12;1-2-3-4/h10-11,14,17H,3-9,12-13H2,1-2H3,(H,26,30);6-8H,3-5H2,1-2H3,(H,16,22);3,7,11-12H,2,4-6,8-10H2,1H3,(H,15,16);2-4H2,1H3/b;;7-3+;/i24-1;;14-1;. The number of allylic oxidation sites excluding steroid dienone is 1. The summed E-state index contributed by atoms with van der Waals surface area (Å²) >= 11 is 0. The first-order valence-corrected chi connectivity index (χ1v) is 25.5. The summed E-state index contributed by atoms with van der Waals surface area (Å²) in [6, 6.07) is 7.01. The van der Waals surface area contributed by atoms with Gasteiger partial charge in [-0.1, -0.05) is 26.3 Å². The smallest absolute Gasteiger partial charge is 0.407 e. The molecule has 73 heavy (non-hydrogen) atoms. The molecule has 6 rings (SSSR count). The van der Waals surface area contributed by atoms with Crippen molar-refractivity contribution < 1.29 is 37.5 Å². The molecule has 398 valence electrons. The van der Waals surface area contributed by atoms with Crippen LogP contribution in [0.2, 0.25) is 0 Å².